The number of hydrogen-bond acceptors (Lipinski definition) is 3. The molecule has 1 atom stereocenters. The molecule has 0 fully saturated rings. The third-order valence-corrected chi connectivity index (χ3v) is 3.40. The third-order valence-electron chi connectivity index (χ3n) is 2.74. The Kier molecular flexibility index (Phi) is 5.06. The summed E-state index contributed by atoms with van der Waals surface area (Å²) in [5.74, 6) is 0.417. The minimum Gasteiger partial charge on any atom is -0.386 e. The number of aryl methyl sites for hydroxylation is 1. The number of nitrogens with zero attached hydrogens (tertiary/aromatic N) is 2. The summed E-state index contributed by atoms with van der Waals surface area (Å²) in [7, 11) is 1.74. The van der Waals surface area contributed by atoms with Crippen LogP contribution >= 0.6 is 23.2 Å². The molecule has 112 valence electrons. The minimum absolute atomic E-state index is 0.0257. The number of nitrogens with one attached hydrogen (secondary N) is 2. The highest BCUT2D eigenvalue weighted by molar-refractivity contribution is 6.36. The summed E-state index contributed by atoms with van der Waals surface area (Å²) in [6.07, 6.45) is 0.703. The second kappa shape index (κ2) is 6.80. The predicted molar refractivity (Wildman–Crippen MR) is 81.7 cm³/mol. The van der Waals surface area contributed by atoms with E-state index in [4.69, 9.17) is 23.2 Å². The van der Waals surface area contributed by atoms with Gasteiger partial charge in [0, 0.05) is 41.5 Å². The Labute approximate surface area is 131 Å². The molecular weight excluding hydrogens is 315 g/mol. The molecule has 0 bridgehead atoms. The Morgan fingerprint density at radius 1 is 1.38 bits per heavy atom. The maximum Gasteiger partial charge on any atom is 0.320 e. The van der Waals surface area contributed by atoms with Crippen LogP contribution in [-0.4, -0.2) is 27.5 Å². The van der Waals surface area contributed by atoms with Gasteiger partial charge in [-0.15, -0.1) is 0 Å². The standard InChI is InChI=1S/C13H14Cl2N4O2/c1-19-6-5-11(18-19)17-13(21)16-7-10(20)12-8(14)3-2-4-9(12)15/h2-6,10,20H,7H2,1H3,(H2,16,17,18,21). The van der Waals surface area contributed by atoms with Crippen molar-refractivity contribution < 1.29 is 9.90 Å². The van der Waals surface area contributed by atoms with E-state index in [1.807, 2.05) is 0 Å². The number of hydrogen-bond donors (Lipinski definition) is 3. The molecule has 0 spiro atoms. The molecule has 0 saturated carbocycles. The summed E-state index contributed by atoms with van der Waals surface area (Å²) in [6.45, 7) is -0.0257. The maximum atomic E-state index is 11.7. The largest absolute Gasteiger partial charge is 0.386 e. The first-order chi connectivity index (χ1) is 9.97. The van der Waals surface area contributed by atoms with E-state index in [9.17, 15) is 9.90 Å². The molecule has 1 aromatic heterocycles. The number of halogens is 2. The number of aliphatic hydroxyl groups is 1. The van der Waals surface area contributed by atoms with Gasteiger partial charge in [-0.2, -0.15) is 5.10 Å². The van der Waals surface area contributed by atoms with Gasteiger partial charge in [0.2, 0.25) is 0 Å². The Morgan fingerprint density at radius 3 is 2.62 bits per heavy atom. The first kappa shape index (κ1) is 15.6. The first-order valence-corrected chi connectivity index (χ1v) is 6.89. The third kappa shape index (κ3) is 4.10. The van der Waals surface area contributed by atoms with Gasteiger partial charge < -0.3 is 10.4 Å². The van der Waals surface area contributed by atoms with Crippen LogP contribution in [0.15, 0.2) is 30.5 Å². The molecule has 0 radical (unpaired) electrons. The normalized spacial score (nSPS) is 12.0. The lowest BCUT2D eigenvalue weighted by Gasteiger charge is -2.15. The van der Waals surface area contributed by atoms with Gasteiger partial charge in [0.05, 0.1) is 6.10 Å². The molecule has 0 aliphatic heterocycles. The lowest BCUT2D eigenvalue weighted by molar-refractivity contribution is 0.175. The SMILES string of the molecule is Cn1ccc(NC(=O)NCC(O)c2c(Cl)cccc2Cl)n1. The molecule has 2 rings (SSSR count). The Morgan fingerprint density at radius 2 is 2.05 bits per heavy atom. The maximum absolute atomic E-state index is 11.7. The average molecular weight is 329 g/mol. The van der Waals surface area contributed by atoms with Gasteiger partial charge in [-0.25, -0.2) is 4.79 Å². The molecule has 1 aromatic carbocycles. The molecule has 6 nitrogen and oxygen atoms in total. The summed E-state index contributed by atoms with van der Waals surface area (Å²) in [4.78, 5) is 11.7. The Hall–Kier alpha value is -1.76. The highest BCUT2D eigenvalue weighted by Crippen LogP contribution is 2.29. The first-order valence-electron chi connectivity index (χ1n) is 6.14. The molecule has 2 aromatic rings. The van der Waals surface area contributed by atoms with E-state index in [0.717, 1.165) is 0 Å². The fourth-order valence-corrected chi connectivity index (χ4v) is 2.41. The number of benzene rings is 1. The monoisotopic (exact) mass is 328 g/mol. The average Bonchev–Trinajstić information content (AvgIpc) is 2.81. The van der Waals surface area contributed by atoms with E-state index in [-0.39, 0.29) is 6.54 Å². The van der Waals surface area contributed by atoms with Crippen molar-refractivity contribution in [2.24, 2.45) is 7.05 Å². The Bertz CT molecular complexity index is 625. The van der Waals surface area contributed by atoms with Crippen LogP contribution in [0.2, 0.25) is 10.0 Å². The Balaban J connectivity index is 1.91. The summed E-state index contributed by atoms with van der Waals surface area (Å²) < 4.78 is 1.56. The second-order valence-corrected chi connectivity index (χ2v) is 5.18. The topological polar surface area (TPSA) is 79.2 Å². The summed E-state index contributed by atoms with van der Waals surface area (Å²) in [5, 5.41) is 19.8. The van der Waals surface area contributed by atoms with Crippen LogP contribution in [-0.2, 0) is 7.05 Å². The highest BCUT2D eigenvalue weighted by atomic mass is 35.5. The summed E-state index contributed by atoms with van der Waals surface area (Å²) >= 11 is 12.0. The fourth-order valence-electron chi connectivity index (χ4n) is 1.76. The highest BCUT2D eigenvalue weighted by Gasteiger charge is 2.16. The van der Waals surface area contributed by atoms with Crippen LogP contribution in [0.1, 0.15) is 11.7 Å². The molecule has 3 N–H and O–H groups in total. The van der Waals surface area contributed by atoms with E-state index >= 15 is 0 Å². The van der Waals surface area contributed by atoms with Gasteiger partial charge in [0.15, 0.2) is 5.82 Å². The van der Waals surface area contributed by atoms with Gasteiger partial charge in [0.25, 0.3) is 0 Å². The molecule has 1 unspecified atom stereocenters. The van der Waals surface area contributed by atoms with Crippen LogP contribution in [0.25, 0.3) is 0 Å². The van der Waals surface area contributed by atoms with Crippen molar-refractivity contribution >= 4 is 35.1 Å². The zero-order chi connectivity index (χ0) is 15.4. The van der Waals surface area contributed by atoms with Crippen LogP contribution in [0.3, 0.4) is 0 Å². The minimum atomic E-state index is -0.999. The molecule has 8 heteroatoms. The van der Waals surface area contributed by atoms with Crippen LogP contribution in [0.4, 0.5) is 10.6 Å². The van der Waals surface area contributed by atoms with Gasteiger partial charge >= 0.3 is 6.03 Å². The predicted octanol–water partition coefficient (Wildman–Crippen LogP) is 2.58. The zero-order valence-corrected chi connectivity index (χ0v) is 12.7. The summed E-state index contributed by atoms with van der Waals surface area (Å²) in [5.41, 5.74) is 0.388. The van der Waals surface area contributed by atoms with Crippen molar-refractivity contribution in [1.82, 2.24) is 15.1 Å². The quantitative estimate of drug-likeness (QED) is 0.807. The molecule has 2 amide bonds. The number of urea groups is 1. The van der Waals surface area contributed by atoms with Crippen LogP contribution in [0, 0.1) is 0 Å². The van der Waals surface area contributed by atoms with E-state index in [2.05, 4.69) is 15.7 Å². The summed E-state index contributed by atoms with van der Waals surface area (Å²) in [6, 6.07) is 6.11. The molecule has 0 aliphatic carbocycles. The van der Waals surface area contributed by atoms with Gasteiger partial charge in [0.1, 0.15) is 0 Å². The zero-order valence-electron chi connectivity index (χ0n) is 11.2. The number of amides is 2. The lowest BCUT2D eigenvalue weighted by atomic mass is 10.1. The van der Waals surface area contributed by atoms with Crippen molar-refractivity contribution in [2.75, 3.05) is 11.9 Å². The molecule has 0 saturated heterocycles. The second-order valence-electron chi connectivity index (χ2n) is 4.36. The van der Waals surface area contributed by atoms with Crippen LogP contribution in [0.5, 0.6) is 0 Å². The number of aromatic nitrogens is 2. The van der Waals surface area contributed by atoms with Crippen molar-refractivity contribution in [3.8, 4) is 0 Å². The van der Waals surface area contributed by atoms with Crippen LogP contribution < -0.4 is 10.6 Å². The number of aliphatic hydroxyl groups excluding tert-OH is 1. The van der Waals surface area contributed by atoms with Crippen molar-refractivity contribution in [1.29, 1.82) is 0 Å². The number of carbonyl (C=O) groups is 1. The van der Waals surface area contributed by atoms with E-state index in [0.29, 0.717) is 21.4 Å². The number of rotatable bonds is 4. The van der Waals surface area contributed by atoms with Crippen molar-refractivity contribution in [3.63, 3.8) is 0 Å². The lowest BCUT2D eigenvalue weighted by Crippen LogP contribution is -2.32. The van der Waals surface area contributed by atoms with E-state index < -0.39 is 12.1 Å². The van der Waals surface area contributed by atoms with Gasteiger partial charge in [-0.1, -0.05) is 29.3 Å². The van der Waals surface area contributed by atoms with Crippen molar-refractivity contribution in [3.05, 3.63) is 46.1 Å². The smallest absolute Gasteiger partial charge is 0.320 e. The number of carbonyl (C=O) groups excluding carboxylic acids is 1. The molecule has 21 heavy (non-hydrogen) atoms. The van der Waals surface area contributed by atoms with E-state index in [1.165, 1.54) is 0 Å². The fraction of sp³-hybridized carbons (Fsp3) is 0.231. The molecular formula is C13H14Cl2N4O2. The number of anilines is 1. The van der Waals surface area contributed by atoms with E-state index in [1.54, 1.807) is 42.2 Å². The molecule has 0 aliphatic rings. The van der Waals surface area contributed by atoms with Gasteiger partial charge in [-0.05, 0) is 12.1 Å². The molecule has 1 heterocycles. The van der Waals surface area contributed by atoms with Gasteiger partial charge in [-0.3, -0.25) is 10.00 Å². The van der Waals surface area contributed by atoms with Crippen molar-refractivity contribution in [2.45, 2.75) is 6.10 Å².